The number of aromatic nitrogens is 2. The molecule has 0 radical (unpaired) electrons. The number of hydrogen-bond acceptors (Lipinski definition) is 2. The lowest BCUT2D eigenvalue weighted by molar-refractivity contribution is -0.117. The molecule has 0 unspecified atom stereocenters. The van der Waals surface area contributed by atoms with Crippen molar-refractivity contribution in [1.29, 1.82) is 0 Å². The molecule has 1 aliphatic carbocycles. The van der Waals surface area contributed by atoms with Crippen molar-refractivity contribution < 1.29 is 4.79 Å². The van der Waals surface area contributed by atoms with Crippen molar-refractivity contribution in [3.05, 3.63) is 54.9 Å². The van der Waals surface area contributed by atoms with Gasteiger partial charge in [0.2, 0.25) is 5.91 Å². The van der Waals surface area contributed by atoms with Gasteiger partial charge in [-0.05, 0) is 43.0 Å². The number of imidazole rings is 1. The van der Waals surface area contributed by atoms with Gasteiger partial charge in [-0.2, -0.15) is 0 Å². The summed E-state index contributed by atoms with van der Waals surface area (Å²) < 4.78 is 2.01. The number of carbonyl (C=O) groups excluding carboxylic acids is 1. The number of carbonyl (C=O) groups is 1. The third-order valence-electron chi connectivity index (χ3n) is 5.03. The topological polar surface area (TPSA) is 46.4 Å². The fraction of sp³-hybridized carbons (Fsp3) is 0.333. The average Bonchev–Trinajstić information content (AvgIpc) is 3.07. The average molecular weight is 333 g/mol. The number of fused-ring (bicyclic) bond motifs is 1. The van der Waals surface area contributed by atoms with Crippen LogP contribution >= 0.6 is 0 Å². The van der Waals surface area contributed by atoms with Crippen LogP contribution in [0, 0.1) is 5.92 Å². The minimum Gasteiger partial charge on any atom is -0.326 e. The standard InChI is InChI=1S/C21H23N3O/c25-21(14-16-6-2-1-3-7-16)22-18-11-9-17(10-12-18)19-15-24-13-5-4-8-20(24)23-19/h4-5,8-13,15-16H,1-3,6-7,14H2,(H,22,25). The molecule has 0 saturated heterocycles. The Morgan fingerprint density at radius 2 is 1.88 bits per heavy atom. The Morgan fingerprint density at radius 1 is 1.08 bits per heavy atom. The molecule has 0 atom stereocenters. The maximum Gasteiger partial charge on any atom is 0.224 e. The van der Waals surface area contributed by atoms with Gasteiger partial charge in [0, 0.05) is 30.1 Å². The van der Waals surface area contributed by atoms with Crippen LogP contribution in [0.2, 0.25) is 0 Å². The van der Waals surface area contributed by atoms with Gasteiger partial charge in [-0.3, -0.25) is 4.79 Å². The zero-order chi connectivity index (χ0) is 17.1. The molecule has 1 aliphatic rings. The summed E-state index contributed by atoms with van der Waals surface area (Å²) in [6, 6.07) is 13.9. The van der Waals surface area contributed by atoms with Crippen molar-refractivity contribution in [1.82, 2.24) is 9.38 Å². The molecular formula is C21H23N3O. The first-order valence-corrected chi connectivity index (χ1v) is 9.12. The van der Waals surface area contributed by atoms with Gasteiger partial charge in [0.25, 0.3) is 0 Å². The van der Waals surface area contributed by atoms with E-state index in [4.69, 9.17) is 0 Å². The smallest absolute Gasteiger partial charge is 0.224 e. The number of nitrogens with zero attached hydrogens (tertiary/aromatic N) is 2. The van der Waals surface area contributed by atoms with Crippen LogP contribution in [0.4, 0.5) is 5.69 Å². The molecule has 2 aromatic heterocycles. The Kier molecular flexibility index (Phi) is 4.51. The van der Waals surface area contributed by atoms with E-state index >= 15 is 0 Å². The highest BCUT2D eigenvalue weighted by Gasteiger charge is 2.17. The van der Waals surface area contributed by atoms with Crippen LogP contribution in [0.1, 0.15) is 38.5 Å². The van der Waals surface area contributed by atoms with Crippen LogP contribution in [0.25, 0.3) is 16.9 Å². The third kappa shape index (κ3) is 3.73. The lowest BCUT2D eigenvalue weighted by Crippen LogP contribution is -2.18. The lowest BCUT2D eigenvalue weighted by Gasteiger charge is -2.20. The maximum atomic E-state index is 12.2. The molecule has 0 bridgehead atoms. The molecule has 2 heterocycles. The molecule has 4 nitrogen and oxygen atoms in total. The summed E-state index contributed by atoms with van der Waals surface area (Å²) in [6.45, 7) is 0. The Hall–Kier alpha value is -2.62. The van der Waals surface area contributed by atoms with E-state index in [2.05, 4.69) is 10.3 Å². The molecule has 4 heteroatoms. The first-order valence-electron chi connectivity index (χ1n) is 9.12. The summed E-state index contributed by atoms with van der Waals surface area (Å²) >= 11 is 0. The zero-order valence-corrected chi connectivity index (χ0v) is 14.3. The van der Waals surface area contributed by atoms with E-state index in [-0.39, 0.29) is 5.91 Å². The summed E-state index contributed by atoms with van der Waals surface area (Å²) in [5.74, 6) is 0.693. The number of benzene rings is 1. The second-order valence-corrected chi connectivity index (χ2v) is 6.93. The predicted molar refractivity (Wildman–Crippen MR) is 100 cm³/mol. The van der Waals surface area contributed by atoms with Crippen molar-refractivity contribution in [2.75, 3.05) is 5.32 Å². The molecule has 1 N–H and O–H groups in total. The molecule has 1 aromatic carbocycles. The molecule has 25 heavy (non-hydrogen) atoms. The zero-order valence-electron chi connectivity index (χ0n) is 14.3. The Balaban J connectivity index is 1.41. The first-order chi connectivity index (χ1) is 12.3. The molecule has 1 fully saturated rings. The SMILES string of the molecule is O=C(CC1CCCCC1)Nc1ccc(-c2cn3ccccc3n2)cc1. The molecular weight excluding hydrogens is 310 g/mol. The van der Waals surface area contributed by atoms with Gasteiger partial charge < -0.3 is 9.72 Å². The summed E-state index contributed by atoms with van der Waals surface area (Å²) in [6.07, 6.45) is 10.9. The minimum absolute atomic E-state index is 0.132. The third-order valence-corrected chi connectivity index (χ3v) is 5.03. The number of nitrogens with one attached hydrogen (secondary N) is 1. The van der Waals surface area contributed by atoms with E-state index in [1.54, 1.807) is 0 Å². The van der Waals surface area contributed by atoms with Crippen LogP contribution in [0.3, 0.4) is 0 Å². The lowest BCUT2D eigenvalue weighted by atomic mass is 9.87. The molecule has 1 amide bonds. The van der Waals surface area contributed by atoms with Crippen molar-refractivity contribution in [2.45, 2.75) is 38.5 Å². The second kappa shape index (κ2) is 7.09. The Labute approximate surface area is 147 Å². The molecule has 0 aliphatic heterocycles. The number of pyridine rings is 1. The van der Waals surface area contributed by atoms with E-state index in [1.807, 2.05) is 59.3 Å². The van der Waals surface area contributed by atoms with Crippen molar-refractivity contribution >= 4 is 17.2 Å². The normalized spacial score (nSPS) is 15.4. The van der Waals surface area contributed by atoms with E-state index in [1.165, 1.54) is 32.1 Å². The number of rotatable bonds is 4. The molecule has 128 valence electrons. The summed E-state index contributed by atoms with van der Waals surface area (Å²) in [7, 11) is 0. The van der Waals surface area contributed by atoms with Gasteiger partial charge in [0.1, 0.15) is 5.65 Å². The van der Waals surface area contributed by atoms with Gasteiger partial charge in [-0.25, -0.2) is 4.98 Å². The van der Waals surface area contributed by atoms with E-state index in [0.717, 1.165) is 22.6 Å². The molecule has 1 saturated carbocycles. The van der Waals surface area contributed by atoms with Crippen LogP contribution in [-0.2, 0) is 4.79 Å². The van der Waals surface area contributed by atoms with Gasteiger partial charge in [-0.1, -0.05) is 37.5 Å². The van der Waals surface area contributed by atoms with Gasteiger partial charge in [-0.15, -0.1) is 0 Å². The fourth-order valence-electron chi connectivity index (χ4n) is 3.66. The summed E-state index contributed by atoms with van der Waals surface area (Å²) in [5, 5.41) is 3.03. The van der Waals surface area contributed by atoms with Crippen LogP contribution in [0.5, 0.6) is 0 Å². The monoisotopic (exact) mass is 333 g/mol. The van der Waals surface area contributed by atoms with Crippen LogP contribution in [-0.4, -0.2) is 15.3 Å². The molecule has 3 aromatic rings. The number of amides is 1. The predicted octanol–water partition coefficient (Wildman–Crippen LogP) is 4.91. The number of hydrogen-bond donors (Lipinski definition) is 1. The second-order valence-electron chi connectivity index (χ2n) is 6.93. The molecule has 0 spiro atoms. The van der Waals surface area contributed by atoms with Gasteiger partial charge in [0.05, 0.1) is 5.69 Å². The first kappa shape index (κ1) is 15.9. The van der Waals surface area contributed by atoms with Crippen molar-refractivity contribution in [2.24, 2.45) is 5.92 Å². The number of anilines is 1. The van der Waals surface area contributed by atoms with Crippen molar-refractivity contribution in [3.8, 4) is 11.3 Å². The van der Waals surface area contributed by atoms with Crippen LogP contribution in [0.15, 0.2) is 54.9 Å². The quantitative estimate of drug-likeness (QED) is 0.737. The fourth-order valence-corrected chi connectivity index (χ4v) is 3.66. The minimum atomic E-state index is 0.132. The highest BCUT2D eigenvalue weighted by atomic mass is 16.1. The summed E-state index contributed by atoms with van der Waals surface area (Å²) in [4.78, 5) is 16.9. The molecule has 4 rings (SSSR count). The van der Waals surface area contributed by atoms with E-state index in [9.17, 15) is 4.79 Å². The summed E-state index contributed by atoms with van der Waals surface area (Å²) in [5.41, 5.74) is 3.77. The maximum absolute atomic E-state index is 12.2. The van der Waals surface area contributed by atoms with E-state index < -0.39 is 0 Å². The highest BCUT2D eigenvalue weighted by Crippen LogP contribution is 2.27. The van der Waals surface area contributed by atoms with Gasteiger partial charge in [0.15, 0.2) is 0 Å². The van der Waals surface area contributed by atoms with Crippen molar-refractivity contribution in [3.63, 3.8) is 0 Å². The Bertz CT molecular complexity index is 827. The highest BCUT2D eigenvalue weighted by molar-refractivity contribution is 5.91. The van der Waals surface area contributed by atoms with E-state index in [0.29, 0.717) is 12.3 Å². The Morgan fingerprint density at radius 3 is 2.64 bits per heavy atom. The largest absolute Gasteiger partial charge is 0.326 e. The van der Waals surface area contributed by atoms with Crippen LogP contribution < -0.4 is 5.32 Å². The van der Waals surface area contributed by atoms with Gasteiger partial charge >= 0.3 is 0 Å².